The smallest absolute Gasteiger partial charge is 0.171 e. The van der Waals surface area contributed by atoms with Gasteiger partial charge in [-0.05, 0) is 30.8 Å². The average molecular weight is 354 g/mol. The molecule has 9 heteroatoms. The molecule has 0 bridgehead atoms. The van der Waals surface area contributed by atoms with Crippen LogP contribution in [0.3, 0.4) is 0 Å². The van der Waals surface area contributed by atoms with Crippen molar-refractivity contribution < 1.29 is 17.6 Å². The second-order valence-corrected chi connectivity index (χ2v) is 5.00. The van der Waals surface area contributed by atoms with Crippen LogP contribution in [-0.2, 0) is 6.42 Å². The van der Waals surface area contributed by atoms with Crippen LogP contribution in [0.5, 0.6) is 0 Å². The Kier molecular flexibility index (Phi) is 5.65. The Balaban J connectivity index is 1.98. The van der Waals surface area contributed by atoms with Crippen molar-refractivity contribution in [1.29, 1.82) is 5.26 Å². The van der Waals surface area contributed by atoms with Crippen LogP contribution >= 0.6 is 12.2 Å². The molecule has 2 aromatic rings. The highest BCUT2D eigenvalue weighted by Gasteiger charge is 2.18. The normalized spacial score (nSPS) is 10.1. The fraction of sp³-hybridized carbons (Fsp3) is 0.133. The molecule has 1 aromatic heterocycles. The number of pyridine rings is 1. The van der Waals surface area contributed by atoms with Crippen molar-refractivity contribution in [2.45, 2.75) is 6.42 Å². The summed E-state index contributed by atoms with van der Waals surface area (Å²) in [7, 11) is 0. The van der Waals surface area contributed by atoms with E-state index < -0.39 is 28.8 Å². The molecule has 0 radical (unpaired) electrons. The molecule has 0 aliphatic rings. The summed E-state index contributed by atoms with van der Waals surface area (Å²) in [6.45, 7) is -0.0860. The number of nitrogens with one attached hydrogen (secondary N) is 2. The van der Waals surface area contributed by atoms with Gasteiger partial charge in [0.1, 0.15) is 11.9 Å². The van der Waals surface area contributed by atoms with Gasteiger partial charge >= 0.3 is 0 Å². The van der Waals surface area contributed by atoms with E-state index in [0.29, 0.717) is 0 Å². The molecular formula is C15H10F4N4S. The first-order valence-electron chi connectivity index (χ1n) is 6.66. The van der Waals surface area contributed by atoms with E-state index in [1.807, 2.05) is 6.07 Å². The SMILES string of the molecule is N#Cc1cccnc1NC(=S)NCCc1c(F)c(F)cc(F)c1F. The van der Waals surface area contributed by atoms with Crippen LogP contribution in [0.2, 0.25) is 0 Å². The Morgan fingerprint density at radius 2 is 1.88 bits per heavy atom. The summed E-state index contributed by atoms with van der Waals surface area (Å²) in [4.78, 5) is 3.93. The fourth-order valence-corrected chi connectivity index (χ4v) is 2.09. The molecule has 0 aliphatic heterocycles. The first kappa shape index (κ1) is 17.6. The van der Waals surface area contributed by atoms with Crippen molar-refractivity contribution in [2.24, 2.45) is 0 Å². The fourth-order valence-electron chi connectivity index (χ4n) is 1.89. The maximum atomic E-state index is 13.5. The minimum absolute atomic E-state index is 0.0443. The van der Waals surface area contributed by atoms with Crippen molar-refractivity contribution in [1.82, 2.24) is 10.3 Å². The highest BCUT2D eigenvalue weighted by molar-refractivity contribution is 7.80. The lowest BCUT2D eigenvalue weighted by Crippen LogP contribution is -2.31. The molecule has 0 aliphatic carbocycles. The number of hydrogen-bond donors (Lipinski definition) is 2. The van der Waals surface area contributed by atoms with Crippen LogP contribution in [0.1, 0.15) is 11.1 Å². The van der Waals surface area contributed by atoms with Gasteiger partial charge in [0, 0.05) is 24.4 Å². The van der Waals surface area contributed by atoms with E-state index in [1.165, 1.54) is 12.3 Å². The number of thiocarbonyl (C=S) groups is 1. The van der Waals surface area contributed by atoms with Gasteiger partial charge in [0.05, 0.1) is 5.56 Å². The lowest BCUT2D eigenvalue weighted by atomic mass is 10.1. The first-order chi connectivity index (χ1) is 11.4. The minimum Gasteiger partial charge on any atom is -0.362 e. The topological polar surface area (TPSA) is 60.7 Å². The van der Waals surface area contributed by atoms with Gasteiger partial charge in [0.25, 0.3) is 0 Å². The molecule has 2 N–H and O–H groups in total. The third kappa shape index (κ3) is 3.97. The second-order valence-electron chi connectivity index (χ2n) is 4.59. The Labute approximate surface area is 140 Å². The highest BCUT2D eigenvalue weighted by atomic mass is 32.1. The Hall–Kier alpha value is -2.73. The maximum Gasteiger partial charge on any atom is 0.171 e. The third-order valence-corrected chi connectivity index (χ3v) is 3.27. The molecule has 0 saturated carbocycles. The maximum absolute atomic E-state index is 13.5. The predicted octanol–water partition coefficient (Wildman–Crippen LogP) is 3.04. The quantitative estimate of drug-likeness (QED) is 0.502. The van der Waals surface area contributed by atoms with E-state index in [4.69, 9.17) is 17.5 Å². The number of hydrogen-bond acceptors (Lipinski definition) is 3. The Morgan fingerprint density at radius 3 is 2.50 bits per heavy atom. The number of halogens is 4. The predicted molar refractivity (Wildman–Crippen MR) is 83.2 cm³/mol. The molecule has 0 atom stereocenters. The number of nitriles is 1. The van der Waals surface area contributed by atoms with E-state index >= 15 is 0 Å². The van der Waals surface area contributed by atoms with Gasteiger partial charge in [-0.2, -0.15) is 5.26 Å². The van der Waals surface area contributed by atoms with Crippen LogP contribution in [0.25, 0.3) is 0 Å². The molecule has 2 rings (SSSR count). The lowest BCUT2D eigenvalue weighted by molar-refractivity contribution is 0.438. The summed E-state index contributed by atoms with van der Waals surface area (Å²) >= 11 is 4.97. The molecule has 0 amide bonds. The molecule has 0 saturated heterocycles. The van der Waals surface area contributed by atoms with Crippen LogP contribution in [0.4, 0.5) is 23.4 Å². The number of anilines is 1. The molecule has 24 heavy (non-hydrogen) atoms. The third-order valence-electron chi connectivity index (χ3n) is 3.02. The first-order valence-corrected chi connectivity index (χ1v) is 7.06. The number of nitrogens with zero attached hydrogens (tertiary/aromatic N) is 2. The zero-order valence-electron chi connectivity index (χ0n) is 12.0. The van der Waals surface area contributed by atoms with E-state index in [0.717, 1.165) is 0 Å². The zero-order valence-corrected chi connectivity index (χ0v) is 12.9. The van der Waals surface area contributed by atoms with Crippen LogP contribution in [0, 0.1) is 34.6 Å². The lowest BCUT2D eigenvalue weighted by Gasteiger charge is -2.11. The molecule has 0 spiro atoms. The van der Waals surface area contributed by atoms with E-state index in [1.54, 1.807) is 6.07 Å². The van der Waals surface area contributed by atoms with Gasteiger partial charge in [-0.3, -0.25) is 0 Å². The monoisotopic (exact) mass is 354 g/mol. The summed E-state index contributed by atoms with van der Waals surface area (Å²) in [5.74, 6) is -5.59. The molecule has 4 nitrogen and oxygen atoms in total. The van der Waals surface area contributed by atoms with E-state index in [9.17, 15) is 17.6 Å². The molecule has 0 fully saturated rings. The summed E-state index contributed by atoms with van der Waals surface area (Å²) in [5, 5.41) is 14.2. The van der Waals surface area contributed by atoms with Gasteiger partial charge in [-0.1, -0.05) is 0 Å². The van der Waals surface area contributed by atoms with Crippen molar-refractivity contribution in [3.8, 4) is 6.07 Å². The molecular weight excluding hydrogens is 344 g/mol. The molecule has 0 unspecified atom stereocenters. The minimum atomic E-state index is -1.46. The zero-order chi connectivity index (χ0) is 17.7. The van der Waals surface area contributed by atoms with Crippen molar-refractivity contribution in [2.75, 3.05) is 11.9 Å². The van der Waals surface area contributed by atoms with Gasteiger partial charge in [0.15, 0.2) is 28.4 Å². The number of rotatable bonds is 4. The Morgan fingerprint density at radius 1 is 1.21 bits per heavy atom. The molecule has 124 valence electrons. The summed E-state index contributed by atoms with van der Waals surface area (Å²) in [6.07, 6.45) is 1.12. The molecule has 1 aromatic carbocycles. The van der Waals surface area contributed by atoms with Crippen LogP contribution < -0.4 is 10.6 Å². The van der Waals surface area contributed by atoms with Crippen molar-refractivity contribution in [3.63, 3.8) is 0 Å². The van der Waals surface area contributed by atoms with Gasteiger partial charge in [-0.25, -0.2) is 22.5 Å². The van der Waals surface area contributed by atoms with Crippen molar-refractivity contribution >= 4 is 23.1 Å². The second kappa shape index (κ2) is 7.70. The van der Waals surface area contributed by atoms with Crippen LogP contribution in [0.15, 0.2) is 24.4 Å². The van der Waals surface area contributed by atoms with Gasteiger partial charge in [0.2, 0.25) is 0 Å². The number of benzene rings is 1. The van der Waals surface area contributed by atoms with E-state index in [-0.39, 0.29) is 35.5 Å². The Bertz CT molecular complexity index is 794. The van der Waals surface area contributed by atoms with Gasteiger partial charge < -0.3 is 10.6 Å². The van der Waals surface area contributed by atoms with Gasteiger partial charge in [-0.15, -0.1) is 0 Å². The van der Waals surface area contributed by atoms with E-state index in [2.05, 4.69) is 15.6 Å². The standard InChI is InChI=1S/C15H10F4N4S/c16-10-6-11(17)13(19)9(12(10)18)3-5-22-15(24)23-14-8(7-20)2-1-4-21-14/h1-2,4,6H,3,5H2,(H2,21,22,23,24). The number of aromatic nitrogens is 1. The summed E-state index contributed by atoms with van der Waals surface area (Å²) < 4.78 is 53.2. The van der Waals surface area contributed by atoms with Crippen LogP contribution in [-0.4, -0.2) is 16.6 Å². The average Bonchev–Trinajstić information content (AvgIpc) is 2.56. The molecule has 1 heterocycles. The summed E-state index contributed by atoms with van der Waals surface area (Å²) in [5.41, 5.74) is -0.454. The highest BCUT2D eigenvalue weighted by Crippen LogP contribution is 2.19. The van der Waals surface area contributed by atoms with Crippen molar-refractivity contribution in [3.05, 3.63) is 58.8 Å². The largest absolute Gasteiger partial charge is 0.362 e. The summed E-state index contributed by atoms with van der Waals surface area (Å²) in [6, 6.07) is 5.17.